The lowest BCUT2D eigenvalue weighted by molar-refractivity contribution is 0.112. The Bertz CT molecular complexity index is 803. The van der Waals surface area contributed by atoms with Crippen LogP contribution in [0.3, 0.4) is 0 Å². The van der Waals surface area contributed by atoms with Gasteiger partial charge in [-0.05, 0) is 37.1 Å². The number of rotatable bonds is 5. The fourth-order valence-corrected chi connectivity index (χ4v) is 2.94. The lowest BCUT2D eigenvalue weighted by atomic mass is 10.1. The van der Waals surface area contributed by atoms with Crippen LogP contribution in [-0.2, 0) is 13.0 Å². The maximum atomic E-state index is 11.5. The fraction of sp³-hybridized carbons (Fsp3) is 0.211. The number of fused-ring (bicyclic) bond motifs is 1. The van der Waals surface area contributed by atoms with Crippen molar-refractivity contribution in [3.8, 4) is 5.75 Å². The van der Waals surface area contributed by atoms with Gasteiger partial charge in [-0.1, -0.05) is 30.3 Å². The van der Waals surface area contributed by atoms with E-state index in [0.29, 0.717) is 0 Å². The molecule has 0 aliphatic heterocycles. The second-order valence-corrected chi connectivity index (χ2v) is 5.39. The number of ether oxygens (including phenoxy) is 1. The molecule has 2 aromatic carbocycles. The number of hydrogen-bond acceptors (Lipinski definition) is 2. The van der Waals surface area contributed by atoms with E-state index in [4.69, 9.17) is 4.74 Å². The van der Waals surface area contributed by atoms with Crippen molar-refractivity contribution >= 4 is 17.2 Å². The number of nitrogens with zero attached hydrogens (tertiary/aromatic N) is 1. The Kier molecular flexibility index (Phi) is 3.96. The highest BCUT2D eigenvalue weighted by Crippen LogP contribution is 2.28. The average Bonchev–Trinajstić information content (AvgIpc) is 2.84. The van der Waals surface area contributed by atoms with Gasteiger partial charge in [0.2, 0.25) is 0 Å². The van der Waals surface area contributed by atoms with E-state index in [1.54, 1.807) is 7.11 Å². The minimum atomic E-state index is 0.752. The van der Waals surface area contributed by atoms with Crippen LogP contribution in [0.4, 0.5) is 0 Å². The molecular weight excluding hydrogens is 274 g/mol. The first-order valence-corrected chi connectivity index (χ1v) is 7.40. The highest BCUT2D eigenvalue weighted by molar-refractivity contribution is 6.00. The van der Waals surface area contributed by atoms with Crippen LogP contribution in [0.25, 0.3) is 10.9 Å². The summed E-state index contributed by atoms with van der Waals surface area (Å²) in [6.45, 7) is 2.85. The number of carbonyl (C=O) groups is 1. The molecule has 22 heavy (non-hydrogen) atoms. The third kappa shape index (κ3) is 2.50. The molecule has 3 rings (SSSR count). The van der Waals surface area contributed by atoms with Gasteiger partial charge in [0, 0.05) is 28.7 Å². The van der Waals surface area contributed by atoms with E-state index in [1.807, 2.05) is 31.2 Å². The highest BCUT2D eigenvalue weighted by Gasteiger charge is 2.14. The second-order valence-electron chi connectivity index (χ2n) is 5.39. The summed E-state index contributed by atoms with van der Waals surface area (Å²) in [6, 6.07) is 16.3. The van der Waals surface area contributed by atoms with Crippen molar-refractivity contribution in [2.24, 2.45) is 0 Å². The van der Waals surface area contributed by atoms with Crippen molar-refractivity contribution in [2.75, 3.05) is 7.11 Å². The maximum Gasteiger partial charge on any atom is 0.152 e. The minimum absolute atomic E-state index is 0.752. The zero-order valence-electron chi connectivity index (χ0n) is 12.9. The van der Waals surface area contributed by atoms with Crippen molar-refractivity contribution in [1.82, 2.24) is 4.57 Å². The molecule has 1 aromatic heterocycles. The SMILES string of the molecule is COc1ccc2c(c1)c(C=O)c(C)n2CCc1ccccc1. The van der Waals surface area contributed by atoms with E-state index in [9.17, 15) is 4.79 Å². The van der Waals surface area contributed by atoms with Crippen molar-refractivity contribution in [3.05, 3.63) is 65.4 Å². The maximum absolute atomic E-state index is 11.5. The summed E-state index contributed by atoms with van der Waals surface area (Å²) in [5.41, 5.74) is 4.14. The van der Waals surface area contributed by atoms with Gasteiger partial charge in [0.1, 0.15) is 5.75 Å². The molecule has 0 saturated heterocycles. The van der Waals surface area contributed by atoms with Gasteiger partial charge in [-0.25, -0.2) is 0 Å². The Balaban J connectivity index is 2.01. The van der Waals surface area contributed by atoms with E-state index < -0.39 is 0 Å². The summed E-state index contributed by atoms with van der Waals surface area (Å²) >= 11 is 0. The molecule has 0 bridgehead atoms. The summed E-state index contributed by atoms with van der Waals surface area (Å²) in [5, 5.41) is 0.958. The van der Waals surface area contributed by atoms with Gasteiger partial charge in [-0.3, -0.25) is 4.79 Å². The molecule has 0 aliphatic rings. The summed E-state index contributed by atoms with van der Waals surface area (Å²) < 4.78 is 7.49. The molecule has 0 spiro atoms. The fourth-order valence-electron chi connectivity index (χ4n) is 2.94. The minimum Gasteiger partial charge on any atom is -0.497 e. The van der Waals surface area contributed by atoms with Gasteiger partial charge in [-0.2, -0.15) is 0 Å². The van der Waals surface area contributed by atoms with Gasteiger partial charge in [0.15, 0.2) is 6.29 Å². The molecule has 0 amide bonds. The second kappa shape index (κ2) is 6.06. The molecule has 3 nitrogen and oxygen atoms in total. The number of aldehydes is 1. The van der Waals surface area contributed by atoms with E-state index in [2.05, 4.69) is 28.8 Å². The Labute approximate surface area is 130 Å². The number of aromatic nitrogens is 1. The molecule has 0 unspecified atom stereocenters. The quantitative estimate of drug-likeness (QED) is 0.665. The lowest BCUT2D eigenvalue weighted by Gasteiger charge is -2.09. The molecule has 112 valence electrons. The van der Waals surface area contributed by atoms with Crippen LogP contribution in [-0.4, -0.2) is 18.0 Å². The molecule has 0 aliphatic carbocycles. The third-order valence-electron chi connectivity index (χ3n) is 4.16. The monoisotopic (exact) mass is 293 g/mol. The van der Waals surface area contributed by atoms with Gasteiger partial charge in [0.25, 0.3) is 0 Å². The predicted molar refractivity (Wildman–Crippen MR) is 88.8 cm³/mol. The Morgan fingerprint density at radius 3 is 2.59 bits per heavy atom. The van der Waals surface area contributed by atoms with Gasteiger partial charge in [-0.15, -0.1) is 0 Å². The van der Waals surface area contributed by atoms with Gasteiger partial charge < -0.3 is 9.30 Å². The first-order chi connectivity index (χ1) is 10.7. The summed E-state index contributed by atoms with van der Waals surface area (Å²) in [6.07, 6.45) is 1.88. The molecule has 0 N–H and O–H groups in total. The smallest absolute Gasteiger partial charge is 0.152 e. The van der Waals surface area contributed by atoms with Crippen molar-refractivity contribution in [3.63, 3.8) is 0 Å². The molecule has 0 radical (unpaired) electrons. The number of aryl methyl sites for hydroxylation is 2. The topological polar surface area (TPSA) is 31.2 Å². The largest absolute Gasteiger partial charge is 0.497 e. The Morgan fingerprint density at radius 1 is 1.14 bits per heavy atom. The summed E-state index contributed by atoms with van der Waals surface area (Å²) in [7, 11) is 1.64. The van der Waals surface area contributed by atoms with E-state index in [0.717, 1.165) is 47.2 Å². The molecule has 0 saturated carbocycles. The third-order valence-corrected chi connectivity index (χ3v) is 4.16. The molecule has 0 fully saturated rings. The van der Waals surface area contributed by atoms with E-state index in [1.165, 1.54) is 5.56 Å². The molecular formula is C19H19NO2. The van der Waals surface area contributed by atoms with Gasteiger partial charge >= 0.3 is 0 Å². The first kappa shape index (κ1) is 14.4. The number of benzene rings is 2. The molecule has 1 heterocycles. The van der Waals surface area contributed by atoms with Crippen LogP contribution in [0.2, 0.25) is 0 Å². The number of carbonyl (C=O) groups excluding carboxylic acids is 1. The zero-order chi connectivity index (χ0) is 15.5. The first-order valence-electron chi connectivity index (χ1n) is 7.40. The predicted octanol–water partition coefficient (Wildman–Crippen LogP) is 4.01. The van der Waals surface area contributed by atoms with Crippen molar-refractivity contribution in [1.29, 1.82) is 0 Å². The van der Waals surface area contributed by atoms with Crippen LogP contribution in [0.5, 0.6) is 5.75 Å². The molecule has 0 atom stereocenters. The normalized spacial score (nSPS) is 10.8. The zero-order valence-corrected chi connectivity index (χ0v) is 12.9. The average molecular weight is 293 g/mol. The summed E-state index contributed by atoms with van der Waals surface area (Å²) in [4.78, 5) is 11.5. The van der Waals surface area contributed by atoms with Crippen LogP contribution in [0.15, 0.2) is 48.5 Å². The summed E-state index contributed by atoms with van der Waals surface area (Å²) in [5.74, 6) is 0.774. The standard InChI is InChI=1S/C19H19NO2/c1-14-18(13-21)17-12-16(22-2)8-9-19(17)20(14)11-10-15-6-4-3-5-7-15/h3-9,12-13H,10-11H2,1-2H3. The molecule has 3 heteroatoms. The Morgan fingerprint density at radius 2 is 1.91 bits per heavy atom. The van der Waals surface area contributed by atoms with Crippen LogP contribution in [0, 0.1) is 6.92 Å². The number of hydrogen-bond donors (Lipinski definition) is 0. The van der Waals surface area contributed by atoms with Crippen LogP contribution >= 0.6 is 0 Å². The molecule has 3 aromatic rings. The van der Waals surface area contributed by atoms with Crippen molar-refractivity contribution in [2.45, 2.75) is 19.9 Å². The highest BCUT2D eigenvalue weighted by atomic mass is 16.5. The van der Waals surface area contributed by atoms with Crippen LogP contribution in [0.1, 0.15) is 21.6 Å². The van der Waals surface area contributed by atoms with Crippen molar-refractivity contribution < 1.29 is 9.53 Å². The lowest BCUT2D eigenvalue weighted by Crippen LogP contribution is -2.03. The van der Waals surface area contributed by atoms with E-state index in [-0.39, 0.29) is 0 Å². The van der Waals surface area contributed by atoms with Gasteiger partial charge in [0.05, 0.1) is 7.11 Å². The van der Waals surface area contributed by atoms with E-state index >= 15 is 0 Å². The number of methoxy groups -OCH3 is 1. The van der Waals surface area contributed by atoms with Crippen LogP contribution < -0.4 is 4.74 Å². The Hall–Kier alpha value is -2.55.